The molecular weight excluding hydrogens is 278 g/mol. The summed E-state index contributed by atoms with van der Waals surface area (Å²) in [6, 6.07) is 10.2. The molecular formula is C17H21N3O2. The first-order valence-electron chi connectivity index (χ1n) is 7.61. The van der Waals surface area contributed by atoms with Gasteiger partial charge >= 0.3 is 0 Å². The molecule has 1 N–H and O–H groups in total. The fraction of sp³-hybridized carbons (Fsp3) is 0.412. The first-order chi connectivity index (χ1) is 10.8. The summed E-state index contributed by atoms with van der Waals surface area (Å²) in [7, 11) is 1.69. The molecule has 5 heteroatoms. The highest BCUT2D eigenvalue weighted by Gasteiger charge is 2.19. The topological polar surface area (TPSA) is 56.3 Å². The van der Waals surface area contributed by atoms with Crippen LogP contribution in [0.1, 0.15) is 23.6 Å². The molecule has 0 saturated carbocycles. The van der Waals surface area contributed by atoms with Gasteiger partial charge in [0.1, 0.15) is 17.9 Å². The molecule has 0 amide bonds. The van der Waals surface area contributed by atoms with Crippen molar-refractivity contribution in [2.24, 2.45) is 0 Å². The molecule has 1 atom stereocenters. The normalized spacial score (nSPS) is 17.4. The molecule has 1 aromatic carbocycles. The third-order valence-electron chi connectivity index (χ3n) is 3.89. The summed E-state index contributed by atoms with van der Waals surface area (Å²) >= 11 is 0. The van der Waals surface area contributed by atoms with Crippen molar-refractivity contribution in [3.8, 4) is 5.75 Å². The Morgan fingerprint density at radius 3 is 3.09 bits per heavy atom. The average Bonchev–Trinajstić information content (AvgIpc) is 3.10. The van der Waals surface area contributed by atoms with Crippen LogP contribution >= 0.6 is 0 Å². The summed E-state index contributed by atoms with van der Waals surface area (Å²) in [5.41, 5.74) is 2.31. The average molecular weight is 299 g/mol. The van der Waals surface area contributed by atoms with Gasteiger partial charge in [-0.05, 0) is 30.5 Å². The molecule has 0 aliphatic carbocycles. The highest BCUT2D eigenvalue weighted by molar-refractivity contribution is 5.36. The fourth-order valence-electron chi connectivity index (χ4n) is 2.62. The van der Waals surface area contributed by atoms with Gasteiger partial charge < -0.3 is 14.8 Å². The lowest BCUT2D eigenvalue weighted by atomic mass is 10.1. The third-order valence-corrected chi connectivity index (χ3v) is 3.89. The molecule has 1 fully saturated rings. The lowest BCUT2D eigenvalue weighted by Gasteiger charge is -2.10. The SMILES string of the molecule is COc1cccc(CCNc2cc([C@H]3CCOC3)ncn2)c1. The van der Waals surface area contributed by atoms with Crippen molar-refractivity contribution in [1.82, 2.24) is 9.97 Å². The molecule has 0 bridgehead atoms. The van der Waals surface area contributed by atoms with Gasteiger partial charge in [-0.15, -0.1) is 0 Å². The second-order valence-electron chi connectivity index (χ2n) is 5.42. The van der Waals surface area contributed by atoms with Crippen LogP contribution in [0.2, 0.25) is 0 Å². The van der Waals surface area contributed by atoms with E-state index in [1.54, 1.807) is 13.4 Å². The standard InChI is InChI=1S/C17H21N3O2/c1-21-15-4-2-3-13(9-15)5-7-18-17-10-16(19-12-20-17)14-6-8-22-11-14/h2-4,9-10,12,14H,5-8,11H2,1H3,(H,18,19,20)/t14-/m0/s1. The number of nitrogens with zero attached hydrogens (tertiary/aromatic N) is 2. The Bertz CT molecular complexity index is 612. The van der Waals surface area contributed by atoms with E-state index in [0.717, 1.165) is 49.9 Å². The minimum absolute atomic E-state index is 0.405. The van der Waals surface area contributed by atoms with Crippen molar-refractivity contribution in [2.45, 2.75) is 18.8 Å². The minimum atomic E-state index is 0.405. The number of anilines is 1. The zero-order valence-electron chi connectivity index (χ0n) is 12.8. The van der Waals surface area contributed by atoms with E-state index in [1.807, 2.05) is 18.2 Å². The zero-order valence-corrected chi connectivity index (χ0v) is 12.8. The van der Waals surface area contributed by atoms with Crippen molar-refractivity contribution in [3.05, 3.63) is 47.9 Å². The molecule has 1 saturated heterocycles. The Kier molecular flexibility index (Phi) is 4.85. The second kappa shape index (κ2) is 7.22. The Balaban J connectivity index is 1.55. The molecule has 2 aromatic rings. The highest BCUT2D eigenvalue weighted by atomic mass is 16.5. The summed E-state index contributed by atoms with van der Waals surface area (Å²) in [6.45, 7) is 2.42. The minimum Gasteiger partial charge on any atom is -0.497 e. The maximum atomic E-state index is 5.42. The number of hydrogen-bond acceptors (Lipinski definition) is 5. The number of hydrogen-bond donors (Lipinski definition) is 1. The molecule has 0 spiro atoms. The largest absolute Gasteiger partial charge is 0.497 e. The predicted octanol–water partition coefficient (Wildman–Crippen LogP) is 2.64. The lowest BCUT2D eigenvalue weighted by molar-refractivity contribution is 0.193. The molecule has 0 unspecified atom stereocenters. The number of nitrogens with one attached hydrogen (secondary N) is 1. The summed E-state index contributed by atoms with van der Waals surface area (Å²) in [5, 5.41) is 3.36. The summed E-state index contributed by atoms with van der Waals surface area (Å²) in [6.07, 6.45) is 3.59. The number of benzene rings is 1. The van der Waals surface area contributed by atoms with Crippen LogP contribution in [0.25, 0.3) is 0 Å². The van der Waals surface area contributed by atoms with E-state index in [0.29, 0.717) is 5.92 Å². The molecule has 2 heterocycles. The molecule has 3 rings (SSSR count). The lowest BCUT2D eigenvalue weighted by Crippen LogP contribution is -2.08. The molecule has 5 nitrogen and oxygen atoms in total. The number of ether oxygens (including phenoxy) is 2. The Labute approximate surface area is 130 Å². The summed E-state index contributed by atoms with van der Waals surface area (Å²) < 4.78 is 10.7. The summed E-state index contributed by atoms with van der Waals surface area (Å²) in [5.74, 6) is 2.17. The Hall–Kier alpha value is -2.14. The van der Waals surface area contributed by atoms with Crippen LogP contribution in [0, 0.1) is 0 Å². The first-order valence-corrected chi connectivity index (χ1v) is 7.61. The molecule has 1 aromatic heterocycles. The molecule has 22 heavy (non-hydrogen) atoms. The van der Waals surface area contributed by atoms with Gasteiger partial charge in [-0.25, -0.2) is 9.97 Å². The van der Waals surface area contributed by atoms with Crippen LogP contribution in [0.5, 0.6) is 5.75 Å². The molecule has 0 radical (unpaired) electrons. The third kappa shape index (κ3) is 3.74. The Morgan fingerprint density at radius 1 is 1.32 bits per heavy atom. The van der Waals surface area contributed by atoms with Gasteiger partial charge in [-0.3, -0.25) is 0 Å². The monoisotopic (exact) mass is 299 g/mol. The first kappa shape index (κ1) is 14.8. The van der Waals surface area contributed by atoms with Crippen molar-refractivity contribution in [3.63, 3.8) is 0 Å². The van der Waals surface area contributed by atoms with Crippen LogP contribution < -0.4 is 10.1 Å². The number of aromatic nitrogens is 2. The van der Waals surface area contributed by atoms with Gasteiger partial charge in [-0.1, -0.05) is 12.1 Å². The number of methoxy groups -OCH3 is 1. The van der Waals surface area contributed by atoms with Gasteiger partial charge in [-0.2, -0.15) is 0 Å². The van der Waals surface area contributed by atoms with Gasteiger partial charge in [0.2, 0.25) is 0 Å². The summed E-state index contributed by atoms with van der Waals surface area (Å²) in [4.78, 5) is 8.65. The van der Waals surface area contributed by atoms with Crippen LogP contribution in [-0.4, -0.2) is 36.8 Å². The van der Waals surface area contributed by atoms with E-state index >= 15 is 0 Å². The van der Waals surface area contributed by atoms with E-state index < -0.39 is 0 Å². The smallest absolute Gasteiger partial charge is 0.129 e. The van der Waals surface area contributed by atoms with Crippen LogP contribution in [0.15, 0.2) is 36.7 Å². The molecule has 1 aliphatic rings. The van der Waals surface area contributed by atoms with Crippen molar-refractivity contribution in [2.75, 3.05) is 32.2 Å². The van der Waals surface area contributed by atoms with E-state index in [1.165, 1.54) is 5.56 Å². The van der Waals surface area contributed by atoms with E-state index in [4.69, 9.17) is 9.47 Å². The predicted molar refractivity (Wildman–Crippen MR) is 85.4 cm³/mol. The van der Waals surface area contributed by atoms with Crippen LogP contribution in [0.4, 0.5) is 5.82 Å². The number of rotatable bonds is 6. The molecule has 1 aliphatic heterocycles. The van der Waals surface area contributed by atoms with E-state index in [9.17, 15) is 0 Å². The highest BCUT2D eigenvalue weighted by Crippen LogP contribution is 2.24. The van der Waals surface area contributed by atoms with E-state index in [2.05, 4.69) is 27.4 Å². The van der Waals surface area contributed by atoms with E-state index in [-0.39, 0.29) is 0 Å². The van der Waals surface area contributed by atoms with Crippen LogP contribution in [0.3, 0.4) is 0 Å². The maximum Gasteiger partial charge on any atom is 0.129 e. The molecule has 116 valence electrons. The van der Waals surface area contributed by atoms with Gasteiger partial charge in [0, 0.05) is 25.1 Å². The van der Waals surface area contributed by atoms with Gasteiger partial charge in [0.15, 0.2) is 0 Å². The van der Waals surface area contributed by atoms with Crippen LogP contribution in [-0.2, 0) is 11.2 Å². The second-order valence-corrected chi connectivity index (χ2v) is 5.42. The fourth-order valence-corrected chi connectivity index (χ4v) is 2.62. The van der Waals surface area contributed by atoms with Crippen molar-refractivity contribution >= 4 is 5.82 Å². The van der Waals surface area contributed by atoms with Crippen molar-refractivity contribution in [1.29, 1.82) is 0 Å². The zero-order chi connectivity index (χ0) is 15.2. The maximum absolute atomic E-state index is 5.42. The van der Waals surface area contributed by atoms with Gasteiger partial charge in [0.25, 0.3) is 0 Å². The van der Waals surface area contributed by atoms with Gasteiger partial charge in [0.05, 0.1) is 19.4 Å². The quantitative estimate of drug-likeness (QED) is 0.888. The Morgan fingerprint density at radius 2 is 2.27 bits per heavy atom. The van der Waals surface area contributed by atoms with Crippen molar-refractivity contribution < 1.29 is 9.47 Å².